The average molecular weight is 318 g/mol. The van der Waals surface area contributed by atoms with E-state index in [0.717, 1.165) is 5.56 Å². The van der Waals surface area contributed by atoms with Gasteiger partial charge in [-0.1, -0.05) is 30.3 Å². The number of nitrogens with two attached hydrogens (primary N) is 1. The summed E-state index contributed by atoms with van der Waals surface area (Å²) in [5, 5.41) is 2.66. The van der Waals surface area contributed by atoms with Gasteiger partial charge in [-0.25, -0.2) is 4.79 Å². The smallest absolute Gasteiger partial charge is 0.407 e. The number of carbonyl (C=O) groups is 1. The normalized spacial score (nSPS) is 12.6. The van der Waals surface area contributed by atoms with Crippen LogP contribution in [-0.2, 0) is 20.8 Å². The molecule has 0 bridgehead atoms. The number of methoxy groups -OCH3 is 2. The van der Waals surface area contributed by atoms with Crippen LogP contribution in [-0.4, -0.2) is 45.6 Å². The van der Waals surface area contributed by atoms with Gasteiger partial charge in [-0.3, -0.25) is 0 Å². The summed E-state index contributed by atoms with van der Waals surface area (Å²) < 4.78 is 14.6. The molecular formula is C16H32N2O4. The van der Waals surface area contributed by atoms with Crippen LogP contribution in [0, 0.1) is 0 Å². The van der Waals surface area contributed by atoms with Gasteiger partial charge in [0, 0.05) is 23.1 Å². The summed E-state index contributed by atoms with van der Waals surface area (Å²) in [6.07, 6.45) is -0.423. The van der Waals surface area contributed by atoms with Crippen LogP contribution < -0.4 is 11.1 Å². The fourth-order valence-corrected chi connectivity index (χ4v) is 1.52. The predicted octanol–water partition coefficient (Wildman–Crippen LogP) is 2.42. The number of hydrogen-bond donors (Lipinski definition) is 2. The number of carbonyl (C=O) groups excluding carboxylic acids is 1. The molecular weight excluding hydrogens is 284 g/mol. The molecule has 22 heavy (non-hydrogen) atoms. The molecule has 3 N–H and O–H groups in total. The number of hydrogen-bond acceptors (Lipinski definition) is 5. The summed E-state index contributed by atoms with van der Waals surface area (Å²) in [4.78, 5) is 11.3. The molecule has 6 heteroatoms. The monoisotopic (exact) mass is 318 g/mol. The lowest BCUT2D eigenvalue weighted by atomic mass is 10.2. The summed E-state index contributed by atoms with van der Waals surface area (Å²) in [6, 6.07) is 9.68. The Balaban J connectivity index is -0.000000478. The first-order chi connectivity index (χ1) is 10.5. The highest BCUT2D eigenvalue weighted by atomic mass is 16.5. The number of nitrogens with one attached hydrogen (secondary N) is 1. The summed E-state index contributed by atoms with van der Waals surface area (Å²) in [7, 11) is 3.23. The molecule has 0 aromatic heterocycles. The molecule has 1 amide bonds. The van der Waals surface area contributed by atoms with Crippen LogP contribution in [0.3, 0.4) is 0 Å². The van der Waals surface area contributed by atoms with Crippen molar-refractivity contribution >= 4 is 6.09 Å². The predicted molar refractivity (Wildman–Crippen MR) is 90.9 cm³/mol. The van der Waals surface area contributed by atoms with E-state index in [1.54, 1.807) is 14.2 Å². The number of ether oxygens (including phenoxy) is 3. The van der Waals surface area contributed by atoms with Gasteiger partial charge >= 0.3 is 6.09 Å². The van der Waals surface area contributed by atoms with Crippen LogP contribution in [0.1, 0.15) is 22.3 Å². The number of benzene rings is 1. The Hall–Kier alpha value is -1.63. The zero-order valence-corrected chi connectivity index (χ0v) is 13.9. The topological polar surface area (TPSA) is 82.8 Å². The first-order valence-electron chi connectivity index (χ1n) is 7.20. The van der Waals surface area contributed by atoms with E-state index in [0.29, 0.717) is 13.2 Å². The largest absolute Gasteiger partial charge is 0.445 e. The lowest BCUT2D eigenvalue weighted by Gasteiger charge is -2.12. The van der Waals surface area contributed by atoms with Crippen molar-refractivity contribution in [2.75, 3.05) is 27.4 Å². The fraction of sp³-hybridized carbons (Fsp3) is 0.562. The SMILES string of the molecule is COC[C@H](C)N.COC[C@H](C)NC(=O)OCc1ccccc1.[2HH].[2HH]. The van der Waals surface area contributed by atoms with Crippen LogP contribution in [0.2, 0.25) is 0 Å². The van der Waals surface area contributed by atoms with E-state index in [1.807, 2.05) is 44.2 Å². The highest BCUT2D eigenvalue weighted by Crippen LogP contribution is 2.00. The minimum Gasteiger partial charge on any atom is -0.445 e. The zero-order chi connectivity index (χ0) is 16.8. The molecule has 0 aliphatic carbocycles. The van der Waals surface area contributed by atoms with Gasteiger partial charge in [0.2, 0.25) is 0 Å². The van der Waals surface area contributed by atoms with Gasteiger partial charge in [0.25, 0.3) is 0 Å². The molecule has 0 unspecified atom stereocenters. The Labute approximate surface area is 135 Å². The van der Waals surface area contributed by atoms with Crippen LogP contribution in [0.5, 0.6) is 0 Å². The molecule has 0 aliphatic rings. The van der Waals surface area contributed by atoms with Crippen molar-refractivity contribution in [2.24, 2.45) is 5.73 Å². The minimum absolute atomic E-state index is 0. The van der Waals surface area contributed by atoms with Crippen LogP contribution in [0.25, 0.3) is 0 Å². The molecule has 0 saturated carbocycles. The molecule has 130 valence electrons. The fourth-order valence-electron chi connectivity index (χ4n) is 1.52. The maximum atomic E-state index is 11.3. The average Bonchev–Trinajstić information content (AvgIpc) is 2.47. The molecule has 1 aromatic carbocycles. The third kappa shape index (κ3) is 12.1. The maximum Gasteiger partial charge on any atom is 0.407 e. The van der Waals surface area contributed by atoms with Crippen molar-refractivity contribution in [3.05, 3.63) is 35.9 Å². The minimum atomic E-state index is -0.423. The van der Waals surface area contributed by atoms with E-state index < -0.39 is 6.09 Å². The molecule has 0 radical (unpaired) electrons. The summed E-state index contributed by atoms with van der Waals surface area (Å²) in [6.45, 7) is 5.17. The lowest BCUT2D eigenvalue weighted by Crippen LogP contribution is -2.35. The van der Waals surface area contributed by atoms with Gasteiger partial charge in [-0.05, 0) is 19.4 Å². The second-order valence-electron chi connectivity index (χ2n) is 5.00. The van der Waals surface area contributed by atoms with Crippen molar-refractivity contribution in [2.45, 2.75) is 32.5 Å². The van der Waals surface area contributed by atoms with E-state index in [9.17, 15) is 4.79 Å². The molecule has 0 aliphatic heterocycles. The first kappa shape index (κ1) is 20.4. The Morgan fingerprint density at radius 1 is 1.18 bits per heavy atom. The number of alkyl carbamates (subject to hydrolysis) is 1. The summed E-state index contributed by atoms with van der Waals surface area (Å²) in [5.74, 6) is 0. The zero-order valence-electron chi connectivity index (χ0n) is 13.9. The molecule has 0 spiro atoms. The molecule has 6 nitrogen and oxygen atoms in total. The highest BCUT2D eigenvalue weighted by molar-refractivity contribution is 5.67. The molecule has 2 atom stereocenters. The van der Waals surface area contributed by atoms with Gasteiger partial charge in [0.05, 0.1) is 19.3 Å². The summed E-state index contributed by atoms with van der Waals surface area (Å²) >= 11 is 0. The first-order valence-corrected chi connectivity index (χ1v) is 7.20. The van der Waals surface area contributed by atoms with Crippen molar-refractivity contribution < 1.29 is 21.9 Å². The quantitative estimate of drug-likeness (QED) is 0.807. The highest BCUT2D eigenvalue weighted by Gasteiger charge is 2.07. The third-order valence-corrected chi connectivity index (χ3v) is 2.42. The van der Waals surface area contributed by atoms with Gasteiger partial charge in [0.1, 0.15) is 6.61 Å². The molecule has 0 saturated heterocycles. The van der Waals surface area contributed by atoms with Crippen LogP contribution in [0.15, 0.2) is 30.3 Å². The Bertz CT molecular complexity index is 395. The van der Waals surface area contributed by atoms with Crippen molar-refractivity contribution in [3.8, 4) is 0 Å². The van der Waals surface area contributed by atoms with Gasteiger partial charge in [0.15, 0.2) is 0 Å². The second kappa shape index (κ2) is 13.1. The van der Waals surface area contributed by atoms with Gasteiger partial charge in [-0.15, -0.1) is 0 Å². The van der Waals surface area contributed by atoms with Crippen molar-refractivity contribution in [1.82, 2.24) is 5.32 Å². The molecule has 0 heterocycles. The van der Waals surface area contributed by atoms with Crippen molar-refractivity contribution in [1.29, 1.82) is 0 Å². The number of rotatable bonds is 7. The standard InChI is InChI=1S/C12H17NO3.C4H11NO.2H2/c1-10(8-15-2)13-12(14)16-9-11-6-4-3-5-7-11;1-4(5)3-6-2;;/h3-7,10H,8-9H2,1-2H3,(H,13,14);4H,3,5H2,1-2H3;2*1H/t10-;4-;;/m00../s1/i;;2*1+1. The van der Waals surface area contributed by atoms with E-state index in [2.05, 4.69) is 10.1 Å². The Morgan fingerprint density at radius 2 is 1.77 bits per heavy atom. The number of amides is 1. The van der Waals surface area contributed by atoms with Crippen LogP contribution in [0.4, 0.5) is 4.79 Å². The molecule has 0 fully saturated rings. The van der Waals surface area contributed by atoms with Crippen LogP contribution >= 0.6 is 0 Å². The van der Waals surface area contributed by atoms with E-state index in [4.69, 9.17) is 15.2 Å². The lowest BCUT2D eigenvalue weighted by molar-refractivity contribution is 0.123. The Kier molecular flexibility index (Phi) is 12.1. The van der Waals surface area contributed by atoms with Gasteiger partial charge in [-0.2, -0.15) is 0 Å². The van der Waals surface area contributed by atoms with E-state index in [1.165, 1.54) is 0 Å². The maximum absolute atomic E-state index is 11.3. The second-order valence-corrected chi connectivity index (χ2v) is 5.00. The van der Waals surface area contributed by atoms with E-state index >= 15 is 0 Å². The molecule has 1 rings (SSSR count). The van der Waals surface area contributed by atoms with Gasteiger partial charge < -0.3 is 25.3 Å². The third-order valence-electron chi connectivity index (χ3n) is 2.42. The molecule has 1 aromatic rings. The Morgan fingerprint density at radius 3 is 2.23 bits per heavy atom. The summed E-state index contributed by atoms with van der Waals surface area (Å²) in [5.41, 5.74) is 6.25. The van der Waals surface area contributed by atoms with Crippen molar-refractivity contribution in [3.63, 3.8) is 0 Å². The van der Waals surface area contributed by atoms with E-state index in [-0.39, 0.29) is 21.5 Å².